The highest BCUT2D eigenvalue weighted by molar-refractivity contribution is 6.06. The summed E-state index contributed by atoms with van der Waals surface area (Å²) in [4.78, 5) is 36.2. The number of nitro groups is 1. The Kier molecular flexibility index (Phi) is 3.55. The molecule has 1 amide bonds. The van der Waals surface area contributed by atoms with Crippen molar-refractivity contribution >= 4 is 28.4 Å². The normalized spacial score (nSPS) is 10.3. The molecule has 0 radical (unpaired) electrons. The summed E-state index contributed by atoms with van der Waals surface area (Å²) in [6, 6.07) is 9.99. The topological polar surface area (TPSA) is 142 Å². The van der Waals surface area contributed by atoms with Gasteiger partial charge in [-0.2, -0.15) is 5.26 Å². The number of carbonyl (C=O) groups is 1. The molecule has 118 valence electrons. The van der Waals surface area contributed by atoms with E-state index in [0.717, 1.165) is 6.07 Å². The summed E-state index contributed by atoms with van der Waals surface area (Å²) in [5, 5.41) is 22.3. The van der Waals surface area contributed by atoms with Crippen LogP contribution in [0.15, 0.2) is 45.6 Å². The number of aromatic nitrogens is 1. The summed E-state index contributed by atoms with van der Waals surface area (Å²) in [6.07, 6.45) is 0. The lowest BCUT2D eigenvalue weighted by atomic mass is 10.1. The van der Waals surface area contributed by atoms with Crippen LogP contribution in [0.4, 0.5) is 11.4 Å². The van der Waals surface area contributed by atoms with Gasteiger partial charge in [-0.1, -0.05) is 0 Å². The molecule has 0 aliphatic heterocycles. The second-order valence-electron chi connectivity index (χ2n) is 4.78. The zero-order chi connectivity index (χ0) is 17.3. The van der Waals surface area contributed by atoms with Crippen LogP contribution in [0.25, 0.3) is 11.1 Å². The van der Waals surface area contributed by atoms with Gasteiger partial charge < -0.3 is 9.73 Å². The third-order valence-electron chi connectivity index (χ3n) is 3.26. The number of aromatic amines is 1. The summed E-state index contributed by atoms with van der Waals surface area (Å²) in [7, 11) is 0. The standard InChI is InChI=1S/C15H8N4O5/c16-7-8-1-3-9(4-2-8)14(20)17-10-6-13-11(18-15(21)24-13)5-12(10)19(22)23/h1-6H,(H,17,20)(H,18,21). The number of nitrogens with one attached hydrogen (secondary N) is 2. The summed E-state index contributed by atoms with van der Waals surface area (Å²) >= 11 is 0. The molecule has 0 saturated carbocycles. The molecular formula is C15H8N4O5. The van der Waals surface area contributed by atoms with Gasteiger partial charge in [0.25, 0.3) is 11.6 Å². The van der Waals surface area contributed by atoms with Gasteiger partial charge in [0.1, 0.15) is 5.69 Å². The summed E-state index contributed by atoms with van der Waals surface area (Å²) in [5.74, 6) is -1.35. The maximum atomic E-state index is 12.2. The molecule has 24 heavy (non-hydrogen) atoms. The third-order valence-corrected chi connectivity index (χ3v) is 3.26. The van der Waals surface area contributed by atoms with Crippen LogP contribution in [0.5, 0.6) is 0 Å². The van der Waals surface area contributed by atoms with Crippen LogP contribution in [0, 0.1) is 21.4 Å². The van der Waals surface area contributed by atoms with E-state index in [0.29, 0.717) is 5.56 Å². The molecule has 0 saturated heterocycles. The highest BCUT2D eigenvalue weighted by atomic mass is 16.6. The third kappa shape index (κ3) is 2.71. The molecular weight excluding hydrogens is 316 g/mol. The molecule has 0 fully saturated rings. The van der Waals surface area contributed by atoms with Crippen LogP contribution in [-0.4, -0.2) is 15.8 Å². The van der Waals surface area contributed by atoms with E-state index in [-0.39, 0.29) is 28.0 Å². The molecule has 0 atom stereocenters. The largest absolute Gasteiger partial charge is 0.417 e. The molecule has 0 aliphatic rings. The number of fused-ring (bicyclic) bond motifs is 1. The monoisotopic (exact) mass is 324 g/mol. The van der Waals surface area contributed by atoms with Gasteiger partial charge in [-0.15, -0.1) is 0 Å². The van der Waals surface area contributed by atoms with E-state index >= 15 is 0 Å². The molecule has 2 aromatic carbocycles. The van der Waals surface area contributed by atoms with E-state index in [1.807, 2.05) is 6.07 Å². The van der Waals surface area contributed by atoms with E-state index in [1.165, 1.54) is 30.3 Å². The first-order chi connectivity index (χ1) is 11.5. The number of carbonyl (C=O) groups excluding carboxylic acids is 1. The number of hydrogen-bond donors (Lipinski definition) is 2. The molecule has 9 nitrogen and oxygen atoms in total. The predicted molar refractivity (Wildman–Crippen MR) is 82.6 cm³/mol. The molecule has 0 spiro atoms. The fourth-order valence-corrected chi connectivity index (χ4v) is 2.13. The minimum atomic E-state index is -0.755. The van der Waals surface area contributed by atoms with Gasteiger partial charge in [0.2, 0.25) is 0 Å². The van der Waals surface area contributed by atoms with Crippen molar-refractivity contribution in [2.45, 2.75) is 0 Å². The van der Waals surface area contributed by atoms with Gasteiger partial charge >= 0.3 is 5.76 Å². The number of benzene rings is 2. The molecule has 0 bridgehead atoms. The fourth-order valence-electron chi connectivity index (χ4n) is 2.13. The quantitative estimate of drug-likeness (QED) is 0.558. The van der Waals surface area contributed by atoms with Crippen molar-refractivity contribution in [1.29, 1.82) is 5.26 Å². The minimum absolute atomic E-state index is 0.0840. The van der Waals surface area contributed by atoms with Gasteiger partial charge in [-0.05, 0) is 24.3 Å². The maximum Gasteiger partial charge on any atom is 0.417 e. The average molecular weight is 324 g/mol. The number of H-pyrrole nitrogens is 1. The van der Waals surface area contributed by atoms with Gasteiger partial charge in [-0.3, -0.25) is 19.9 Å². The van der Waals surface area contributed by atoms with Gasteiger partial charge in [0.05, 0.1) is 22.1 Å². The Labute approximate surface area is 133 Å². The van der Waals surface area contributed by atoms with Crippen LogP contribution in [-0.2, 0) is 0 Å². The summed E-state index contributed by atoms with van der Waals surface area (Å²) in [6.45, 7) is 0. The molecule has 3 aromatic rings. The highest BCUT2D eigenvalue weighted by Crippen LogP contribution is 2.29. The molecule has 1 heterocycles. The highest BCUT2D eigenvalue weighted by Gasteiger charge is 2.20. The number of nitriles is 1. The van der Waals surface area contributed by atoms with E-state index in [4.69, 9.17) is 9.68 Å². The Morgan fingerprint density at radius 3 is 2.62 bits per heavy atom. The smallest absolute Gasteiger partial charge is 0.408 e. The van der Waals surface area contributed by atoms with Gasteiger partial charge in [0, 0.05) is 17.7 Å². The molecule has 3 rings (SSSR count). The molecule has 0 unspecified atom stereocenters. The van der Waals surface area contributed by atoms with Crippen molar-refractivity contribution in [1.82, 2.24) is 4.98 Å². The lowest BCUT2D eigenvalue weighted by Crippen LogP contribution is -2.13. The van der Waals surface area contributed by atoms with Crippen LogP contribution in [0.3, 0.4) is 0 Å². The Morgan fingerprint density at radius 2 is 2.00 bits per heavy atom. The van der Waals surface area contributed by atoms with Crippen LogP contribution >= 0.6 is 0 Å². The fraction of sp³-hybridized carbons (Fsp3) is 0. The molecule has 1 aromatic heterocycles. The van der Waals surface area contributed by atoms with Gasteiger partial charge in [0.15, 0.2) is 5.58 Å². The minimum Gasteiger partial charge on any atom is -0.408 e. The van der Waals surface area contributed by atoms with E-state index in [1.54, 1.807) is 0 Å². The van der Waals surface area contributed by atoms with Crippen molar-refractivity contribution in [3.8, 4) is 6.07 Å². The molecule has 2 N–H and O–H groups in total. The first kappa shape index (κ1) is 15.0. The Morgan fingerprint density at radius 1 is 1.29 bits per heavy atom. The van der Waals surface area contributed by atoms with Crippen molar-refractivity contribution in [2.75, 3.05) is 5.32 Å². The van der Waals surface area contributed by atoms with Crippen LogP contribution in [0.1, 0.15) is 15.9 Å². The summed E-state index contributed by atoms with van der Waals surface area (Å²) in [5.41, 5.74) is 0.349. The summed E-state index contributed by atoms with van der Waals surface area (Å²) < 4.78 is 4.84. The van der Waals surface area contributed by atoms with Crippen molar-refractivity contribution in [2.24, 2.45) is 0 Å². The Balaban J connectivity index is 1.99. The van der Waals surface area contributed by atoms with Gasteiger partial charge in [-0.25, -0.2) is 4.79 Å². The van der Waals surface area contributed by atoms with Crippen LogP contribution < -0.4 is 11.1 Å². The number of oxazole rings is 1. The second kappa shape index (κ2) is 5.69. The molecule has 0 aliphatic carbocycles. The average Bonchev–Trinajstić information content (AvgIpc) is 2.93. The zero-order valence-corrected chi connectivity index (χ0v) is 11.9. The number of nitrogens with zero attached hydrogens (tertiary/aromatic N) is 2. The maximum absolute atomic E-state index is 12.2. The van der Waals surface area contributed by atoms with E-state index in [2.05, 4.69) is 10.3 Å². The number of amides is 1. The van der Waals surface area contributed by atoms with Crippen LogP contribution in [0.2, 0.25) is 0 Å². The number of hydrogen-bond acceptors (Lipinski definition) is 6. The number of nitro benzene ring substituents is 1. The van der Waals surface area contributed by atoms with E-state index < -0.39 is 16.6 Å². The first-order valence-corrected chi connectivity index (χ1v) is 6.60. The van der Waals surface area contributed by atoms with E-state index in [9.17, 15) is 19.7 Å². The van der Waals surface area contributed by atoms with Crippen molar-refractivity contribution < 1.29 is 14.1 Å². The number of rotatable bonds is 3. The SMILES string of the molecule is N#Cc1ccc(C(=O)Nc2cc3oc(=O)[nH]c3cc2[N+](=O)[O-])cc1. The molecule has 9 heteroatoms. The zero-order valence-electron chi connectivity index (χ0n) is 11.9. The van der Waals surface area contributed by atoms with Crippen molar-refractivity contribution in [3.63, 3.8) is 0 Å². The lowest BCUT2D eigenvalue weighted by molar-refractivity contribution is -0.383. The van der Waals surface area contributed by atoms with Crippen molar-refractivity contribution in [3.05, 3.63) is 68.2 Å². The second-order valence-corrected chi connectivity index (χ2v) is 4.78. The first-order valence-electron chi connectivity index (χ1n) is 6.60. The number of anilines is 1. The lowest BCUT2D eigenvalue weighted by Gasteiger charge is -2.06. The Hall–Kier alpha value is -3.93. The Bertz CT molecular complexity index is 1060. The predicted octanol–water partition coefficient (Wildman–Crippen LogP) is 2.15.